The molecule has 2 aromatic carbocycles. The molecule has 6 rings (SSSR count). The second kappa shape index (κ2) is 7.89. The lowest BCUT2D eigenvalue weighted by Gasteiger charge is -2.60. The number of hydrogen-bond donors (Lipinski definition) is 0. The third-order valence-corrected chi connectivity index (χ3v) is 8.60. The molecular weight excluding hydrogens is 382 g/mol. The largest absolute Gasteiger partial charge is 0.252 e. The summed E-state index contributed by atoms with van der Waals surface area (Å²) < 4.78 is 0. The van der Waals surface area contributed by atoms with Crippen molar-refractivity contribution < 1.29 is 0 Å². The lowest BCUT2D eigenvalue weighted by Crippen LogP contribution is -2.50. The quantitative estimate of drug-likeness (QED) is 0.403. The Kier molecular flexibility index (Phi) is 5.23. The van der Waals surface area contributed by atoms with Crippen molar-refractivity contribution in [3.63, 3.8) is 0 Å². The molecule has 3 atom stereocenters. The van der Waals surface area contributed by atoms with Gasteiger partial charge in [-0.15, -0.1) is 0 Å². The Bertz CT molecular complexity index is 1040. The molecule has 0 unspecified atom stereocenters. The summed E-state index contributed by atoms with van der Waals surface area (Å²) in [5, 5.41) is 0. The van der Waals surface area contributed by atoms with Crippen LogP contribution in [0.4, 0.5) is 0 Å². The zero-order valence-electron chi connectivity index (χ0n) is 18.3. The maximum absolute atomic E-state index is 5.35. The molecule has 2 bridgehead atoms. The number of nitrogens with zero attached hydrogens (tertiary/aromatic N) is 1. The first-order valence-electron chi connectivity index (χ1n) is 11.4. The second-order valence-electron chi connectivity index (χ2n) is 9.55. The highest BCUT2D eigenvalue weighted by Crippen LogP contribution is 2.67. The van der Waals surface area contributed by atoms with Gasteiger partial charge in [-0.1, -0.05) is 87.8 Å². The lowest BCUT2D eigenvalue weighted by molar-refractivity contribution is -0.0102. The van der Waals surface area contributed by atoms with Crippen LogP contribution in [0.5, 0.6) is 0 Å². The van der Waals surface area contributed by atoms with E-state index >= 15 is 0 Å². The zero-order valence-corrected chi connectivity index (χ0v) is 19.1. The molecule has 1 aromatic heterocycles. The fraction of sp³-hybridized carbons (Fsp3) is 0.393. The molecule has 0 amide bonds. The Morgan fingerprint density at radius 1 is 0.967 bits per heavy atom. The van der Waals surface area contributed by atoms with Gasteiger partial charge in [-0.3, -0.25) is 4.98 Å². The van der Waals surface area contributed by atoms with Gasteiger partial charge in [0.05, 0.1) is 5.69 Å². The van der Waals surface area contributed by atoms with E-state index in [-0.39, 0.29) is 0 Å². The Labute approximate surface area is 185 Å². The minimum atomic E-state index is 0.426. The van der Waals surface area contributed by atoms with Gasteiger partial charge in [-0.25, -0.2) is 0 Å². The van der Waals surface area contributed by atoms with Crippen molar-refractivity contribution in [2.24, 2.45) is 11.3 Å². The average molecular weight is 414 g/mol. The van der Waals surface area contributed by atoms with Crippen molar-refractivity contribution >= 4 is 11.8 Å². The zero-order chi connectivity index (χ0) is 20.7. The maximum Gasteiger partial charge on any atom is 0.0717 e. The van der Waals surface area contributed by atoms with Crippen molar-refractivity contribution in [1.82, 2.24) is 4.98 Å². The Hall–Kier alpha value is -2.06. The third kappa shape index (κ3) is 3.30. The van der Waals surface area contributed by atoms with Crippen LogP contribution in [0.3, 0.4) is 0 Å². The van der Waals surface area contributed by atoms with Gasteiger partial charge in [0.15, 0.2) is 0 Å². The van der Waals surface area contributed by atoms with Crippen LogP contribution in [-0.2, 0) is 0 Å². The van der Waals surface area contributed by atoms with Crippen LogP contribution in [0.1, 0.15) is 69.5 Å². The van der Waals surface area contributed by atoms with Crippen molar-refractivity contribution in [3.8, 4) is 11.3 Å². The van der Waals surface area contributed by atoms with E-state index in [1.807, 2.05) is 11.8 Å². The van der Waals surface area contributed by atoms with Crippen LogP contribution in [0.2, 0.25) is 0 Å². The molecule has 1 nitrogen and oxygen atoms in total. The molecule has 0 N–H and O–H groups in total. The monoisotopic (exact) mass is 413 g/mol. The standard InChI is InChI=1S/C28H31NS/c1-4-5-13-20-23-18-24(28(23,2)3)21-16-17-25(29-27(20)21)22-14-9-10-15-26(22)30-19-11-7-6-8-12-19/h6-12,14-17,20,23-24H,4-5,13,18H2,1-3H3/t20-,23+,24-/m1/s1. The normalized spacial score (nSPS) is 23.5. The average Bonchev–Trinajstić information content (AvgIpc) is 2.77. The Morgan fingerprint density at radius 2 is 1.73 bits per heavy atom. The van der Waals surface area contributed by atoms with E-state index < -0.39 is 0 Å². The number of rotatable bonds is 6. The molecule has 3 aliphatic rings. The van der Waals surface area contributed by atoms with Gasteiger partial charge in [0.1, 0.15) is 0 Å². The van der Waals surface area contributed by atoms with E-state index in [0.717, 1.165) is 11.6 Å². The highest BCUT2D eigenvalue weighted by molar-refractivity contribution is 7.99. The summed E-state index contributed by atoms with van der Waals surface area (Å²) in [6.45, 7) is 7.26. The topological polar surface area (TPSA) is 12.9 Å². The van der Waals surface area contributed by atoms with E-state index in [9.17, 15) is 0 Å². The number of hydrogen-bond acceptors (Lipinski definition) is 2. The molecule has 154 valence electrons. The minimum Gasteiger partial charge on any atom is -0.252 e. The molecule has 30 heavy (non-hydrogen) atoms. The second-order valence-corrected chi connectivity index (χ2v) is 10.7. The van der Waals surface area contributed by atoms with Crippen molar-refractivity contribution in [2.45, 2.75) is 68.1 Å². The molecule has 1 saturated carbocycles. The fourth-order valence-corrected chi connectivity index (χ4v) is 6.71. The molecule has 2 heteroatoms. The van der Waals surface area contributed by atoms with Crippen LogP contribution >= 0.6 is 11.8 Å². The van der Waals surface area contributed by atoms with Gasteiger partial charge in [-0.2, -0.15) is 0 Å². The molecule has 1 fully saturated rings. The van der Waals surface area contributed by atoms with Crippen LogP contribution in [0, 0.1) is 11.3 Å². The molecule has 3 aliphatic carbocycles. The predicted octanol–water partition coefficient (Wildman–Crippen LogP) is 8.32. The summed E-state index contributed by atoms with van der Waals surface area (Å²) in [4.78, 5) is 7.90. The summed E-state index contributed by atoms with van der Waals surface area (Å²) in [6, 6.07) is 24.0. The van der Waals surface area contributed by atoms with Crippen molar-refractivity contribution in [2.75, 3.05) is 0 Å². The third-order valence-electron chi connectivity index (χ3n) is 7.52. The molecule has 0 aliphatic heterocycles. The SMILES string of the molecule is CCCC[C@H]1c2nc(-c3ccccc3Sc3ccccc3)ccc2[C@H]2C[C@@H]1C2(C)C. The van der Waals surface area contributed by atoms with E-state index in [1.54, 1.807) is 0 Å². The fourth-order valence-electron chi connectivity index (χ4n) is 5.73. The van der Waals surface area contributed by atoms with Gasteiger partial charge in [0.25, 0.3) is 0 Å². The minimum absolute atomic E-state index is 0.426. The van der Waals surface area contributed by atoms with E-state index in [4.69, 9.17) is 4.98 Å². The molecule has 0 radical (unpaired) electrons. The summed E-state index contributed by atoms with van der Waals surface area (Å²) in [6.07, 6.45) is 5.20. The van der Waals surface area contributed by atoms with Crippen molar-refractivity contribution in [3.05, 3.63) is 78.0 Å². The smallest absolute Gasteiger partial charge is 0.0717 e. The predicted molar refractivity (Wildman–Crippen MR) is 127 cm³/mol. The van der Waals surface area contributed by atoms with Crippen LogP contribution < -0.4 is 0 Å². The summed E-state index contributed by atoms with van der Waals surface area (Å²) in [5.41, 5.74) is 5.74. The van der Waals surface area contributed by atoms with Gasteiger partial charge >= 0.3 is 0 Å². The van der Waals surface area contributed by atoms with E-state index in [1.165, 1.54) is 52.3 Å². The van der Waals surface area contributed by atoms with Gasteiger partial charge in [0.2, 0.25) is 0 Å². The summed E-state index contributed by atoms with van der Waals surface area (Å²) in [5.74, 6) is 2.10. The molecular formula is C28H31NS. The number of aromatic nitrogens is 1. The first kappa shape index (κ1) is 19.9. The van der Waals surface area contributed by atoms with Gasteiger partial charge < -0.3 is 0 Å². The highest BCUT2D eigenvalue weighted by Gasteiger charge is 2.57. The molecule has 3 aromatic rings. The Balaban J connectivity index is 1.54. The molecule has 0 saturated heterocycles. The number of pyridine rings is 1. The van der Waals surface area contributed by atoms with Gasteiger partial charge in [0, 0.05) is 27.0 Å². The number of benzene rings is 2. The molecule has 0 spiro atoms. The Morgan fingerprint density at radius 3 is 2.50 bits per heavy atom. The first-order chi connectivity index (χ1) is 14.6. The van der Waals surface area contributed by atoms with Gasteiger partial charge in [-0.05, 0) is 59.9 Å². The maximum atomic E-state index is 5.35. The lowest BCUT2D eigenvalue weighted by atomic mass is 9.44. The van der Waals surface area contributed by atoms with Crippen LogP contribution in [0.25, 0.3) is 11.3 Å². The number of unbranched alkanes of at least 4 members (excludes halogenated alkanes) is 1. The van der Waals surface area contributed by atoms with Crippen LogP contribution in [-0.4, -0.2) is 4.98 Å². The first-order valence-corrected chi connectivity index (χ1v) is 12.2. The van der Waals surface area contributed by atoms with Crippen LogP contribution in [0.15, 0.2) is 76.5 Å². The molecule has 1 heterocycles. The summed E-state index contributed by atoms with van der Waals surface area (Å²) in [7, 11) is 0. The van der Waals surface area contributed by atoms with Crippen molar-refractivity contribution in [1.29, 1.82) is 0 Å². The van der Waals surface area contributed by atoms with E-state index in [2.05, 4.69) is 87.5 Å². The highest BCUT2D eigenvalue weighted by atomic mass is 32.2. The summed E-state index contributed by atoms with van der Waals surface area (Å²) >= 11 is 1.83. The van der Waals surface area contributed by atoms with E-state index in [0.29, 0.717) is 17.3 Å².